The molecular weight excluding hydrogens is 823 g/mol. The van der Waals surface area contributed by atoms with Crippen molar-refractivity contribution in [1.29, 1.82) is 0 Å². The highest BCUT2D eigenvalue weighted by molar-refractivity contribution is 5.99. The lowest BCUT2D eigenvalue weighted by molar-refractivity contribution is -0.0132. The van der Waals surface area contributed by atoms with Crippen LogP contribution in [-0.4, -0.2) is 73.0 Å². The lowest BCUT2D eigenvalue weighted by Crippen LogP contribution is -2.39. The molecule has 5 aromatic heterocycles. The van der Waals surface area contributed by atoms with E-state index in [0.29, 0.717) is 76.2 Å². The van der Waals surface area contributed by atoms with Gasteiger partial charge in [-0.1, -0.05) is 18.1 Å². The van der Waals surface area contributed by atoms with Gasteiger partial charge in [0.05, 0.1) is 46.3 Å². The molecule has 0 unspecified atom stereocenters. The van der Waals surface area contributed by atoms with Gasteiger partial charge in [0.25, 0.3) is 5.91 Å². The highest BCUT2D eigenvalue weighted by Crippen LogP contribution is 2.56. The zero-order valence-electron chi connectivity index (χ0n) is 35.7. The summed E-state index contributed by atoms with van der Waals surface area (Å²) in [7, 11) is 1.72. The summed E-state index contributed by atoms with van der Waals surface area (Å²) in [4.78, 5) is 46.9. The molecular formula is C47H44F2N10O5. The van der Waals surface area contributed by atoms with Gasteiger partial charge in [-0.2, -0.15) is 10.2 Å². The van der Waals surface area contributed by atoms with Crippen molar-refractivity contribution in [3.63, 3.8) is 0 Å². The number of fused-ring (bicyclic) bond motifs is 3. The number of nitrogens with zero attached hydrogens (tertiary/aromatic N) is 9. The molecule has 0 bridgehead atoms. The van der Waals surface area contributed by atoms with Gasteiger partial charge in [0.1, 0.15) is 22.9 Å². The van der Waals surface area contributed by atoms with Crippen molar-refractivity contribution < 1.29 is 22.8 Å². The Morgan fingerprint density at radius 3 is 2.45 bits per heavy atom. The molecule has 64 heavy (non-hydrogen) atoms. The van der Waals surface area contributed by atoms with Gasteiger partial charge in [-0.25, -0.2) is 23.1 Å². The molecule has 17 heteroatoms. The van der Waals surface area contributed by atoms with Crippen molar-refractivity contribution in [2.24, 2.45) is 13.0 Å². The van der Waals surface area contributed by atoms with Crippen molar-refractivity contribution in [3.8, 4) is 17.2 Å². The predicted octanol–water partition coefficient (Wildman–Crippen LogP) is 6.64. The Bertz CT molecular complexity index is 3370. The van der Waals surface area contributed by atoms with E-state index in [9.17, 15) is 9.59 Å². The number of halogens is 2. The summed E-state index contributed by atoms with van der Waals surface area (Å²) in [5.41, 5.74) is 4.31. The van der Waals surface area contributed by atoms with Gasteiger partial charge in [0.15, 0.2) is 11.6 Å². The van der Waals surface area contributed by atoms with Crippen molar-refractivity contribution in [2.45, 2.75) is 82.9 Å². The number of amides is 1. The van der Waals surface area contributed by atoms with E-state index in [1.165, 1.54) is 27.1 Å². The third-order valence-corrected chi connectivity index (χ3v) is 14.4. The molecule has 3 fully saturated rings. The number of aryl methyl sites for hydroxylation is 3. The number of imidazole rings is 1. The smallest absolute Gasteiger partial charge is 0.375 e. The van der Waals surface area contributed by atoms with Gasteiger partial charge in [0, 0.05) is 55.5 Å². The first-order valence-corrected chi connectivity index (χ1v) is 21.8. The van der Waals surface area contributed by atoms with Crippen molar-refractivity contribution in [3.05, 3.63) is 139 Å². The fourth-order valence-corrected chi connectivity index (χ4v) is 10.7. The molecule has 1 amide bonds. The van der Waals surface area contributed by atoms with Crippen LogP contribution in [0.5, 0.6) is 0 Å². The zero-order valence-corrected chi connectivity index (χ0v) is 35.7. The summed E-state index contributed by atoms with van der Waals surface area (Å²) in [6.07, 6.45) is 9.52. The molecule has 8 aromatic rings. The van der Waals surface area contributed by atoms with Gasteiger partial charge in [-0.05, 0) is 117 Å². The number of carbonyl (C=O) groups excluding carboxylic acids is 1. The SMILES string of the molecule is Cc1cc(-n2nc3c(c2-n2ccn(-c4ccc5c(cnn5C)c4F)c2=O)CN(C(=O)c2cc4cc([C@@H]5CCOC6(CC6)C5)ccc4n2[C@]2(c4noc(=O)[nH]4)C[C@H]2C)CC3)cc(C)c1F. The van der Waals surface area contributed by atoms with Gasteiger partial charge >= 0.3 is 11.4 Å². The second kappa shape index (κ2) is 13.6. The van der Waals surface area contributed by atoms with Crippen LogP contribution < -0.4 is 11.4 Å². The predicted molar refractivity (Wildman–Crippen MR) is 230 cm³/mol. The first-order chi connectivity index (χ1) is 30.8. The Morgan fingerprint density at radius 2 is 1.72 bits per heavy atom. The topological polar surface area (TPSA) is 156 Å². The number of aromatic amines is 1. The average Bonchev–Trinajstić information content (AvgIpc) is 3.71. The summed E-state index contributed by atoms with van der Waals surface area (Å²) in [6.45, 7) is 6.53. The van der Waals surface area contributed by atoms with Crippen molar-refractivity contribution in [2.75, 3.05) is 13.2 Å². The van der Waals surface area contributed by atoms with Gasteiger partial charge in [-0.15, -0.1) is 0 Å². The van der Waals surface area contributed by atoms with Crippen molar-refractivity contribution in [1.82, 2.24) is 48.3 Å². The highest BCUT2D eigenvalue weighted by Gasteiger charge is 2.59. The molecule has 1 saturated heterocycles. The molecule has 2 aliphatic heterocycles. The lowest BCUT2D eigenvalue weighted by atomic mass is 9.87. The molecule has 2 aliphatic carbocycles. The summed E-state index contributed by atoms with van der Waals surface area (Å²) in [6, 6.07) is 15.0. The minimum Gasteiger partial charge on any atom is -0.375 e. The second-order valence-electron chi connectivity index (χ2n) is 18.3. The van der Waals surface area contributed by atoms with E-state index in [-0.39, 0.29) is 40.9 Å². The Labute approximate surface area is 363 Å². The van der Waals surface area contributed by atoms with Gasteiger partial charge in [0.2, 0.25) is 0 Å². The average molecular weight is 867 g/mol. The maximum atomic E-state index is 16.1. The van der Waals surface area contributed by atoms with Crippen LogP contribution in [0.3, 0.4) is 0 Å². The largest absolute Gasteiger partial charge is 0.438 e. The first kappa shape index (κ1) is 38.8. The molecule has 326 valence electrons. The van der Waals surface area contributed by atoms with Crippen LogP contribution in [-0.2, 0) is 30.3 Å². The van der Waals surface area contributed by atoms with Crippen LogP contribution in [0.4, 0.5) is 8.78 Å². The zero-order chi connectivity index (χ0) is 44.0. The molecule has 15 nitrogen and oxygen atoms in total. The van der Waals surface area contributed by atoms with E-state index >= 15 is 13.6 Å². The molecule has 1 spiro atoms. The molecule has 3 atom stereocenters. The minimum atomic E-state index is -0.837. The van der Waals surface area contributed by atoms with E-state index in [2.05, 4.69) is 40.4 Å². The molecule has 2 saturated carbocycles. The summed E-state index contributed by atoms with van der Waals surface area (Å²) in [5, 5.41) is 14.5. The number of ether oxygens (including phenoxy) is 1. The number of nitrogens with one attached hydrogen (secondary N) is 1. The van der Waals surface area contributed by atoms with E-state index in [4.69, 9.17) is 14.4 Å². The third-order valence-electron chi connectivity index (χ3n) is 14.4. The Balaban J connectivity index is 0.983. The third kappa shape index (κ3) is 5.64. The van der Waals surface area contributed by atoms with Crippen LogP contribution >= 0.6 is 0 Å². The number of carbonyl (C=O) groups is 1. The second-order valence-corrected chi connectivity index (χ2v) is 18.3. The number of benzene rings is 3. The molecule has 0 radical (unpaired) electrons. The fourth-order valence-electron chi connectivity index (χ4n) is 10.7. The normalized spacial score (nSPS) is 21.3. The maximum Gasteiger partial charge on any atom is 0.438 e. The minimum absolute atomic E-state index is 0.0104. The maximum absolute atomic E-state index is 16.1. The van der Waals surface area contributed by atoms with Gasteiger partial charge in [-0.3, -0.25) is 28.1 Å². The van der Waals surface area contributed by atoms with E-state index in [1.807, 2.05) is 10.6 Å². The summed E-state index contributed by atoms with van der Waals surface area (Å²) >= 11 is 0. The Hall–Kier alpha value is -6.88. The van der Waals surface area contributed by atoms with Crippen LogP contribution in [0.25, 0.3) is 39.0 Å². The first-order valence-electron chi connectivity index (χ1n) is 21.8. The van der Waals surface area contributed by atoms with E-state index in [0.717, 1.165) is 43.2 Å². The van der Waals surface area contributed by atoms with Crippen LogP contribution in [0.1, 0.15) is 89.2 Å². The van der Waals surface area contributed by atoms with Crippen LogP contribution in [0.15, 0.2) is 81.2 Å². The Kier molecular flexibility index (Phi) is 8.22. The van der Waals surface area contributed by atoms with Crippen molar-refractivity contribution >= 4 is 27.7 Å². The molecule has 12 rings (SSSR count). The van der Waals surface area contributed by atoms with E-state index < -0.39 is 22.8 Å². The van der Waals surface area contributed by atoms with E-state index in [1.54, 1.807) is 65.6 Å². The van der Waals surface area contributed by atoms with Crippen LogP contribution in [0, 0.1) is 31.4 Å². The lowest BCUT2D eigenvalue weighted by Gasteiger charge is -2.30. The number of aromatic nitrogens is 9. The van der Waals surface area contributed by atoms with Gasteiger partial charge < -0.3 is 14.2 Å². The molecule has 4 aliphatic rings. The molecule has 1 N–H and O–H groups in total. The number of hydrogen-bond acceptors (Lipinski definition) is 8. The van der Waals surface area contributed by atoms with Crippen LogP contribution in [0.2, 0.25) is 0 Å². The standard InChI is InChI=1S/C47H44F2N10O5/c1-25-17-31(18-26(2)39(25)48)59-41(57-15-14-56(45(57)62)37-8-7-36-32(40(37)49)23-50-54(36)4)33-24-55(13-9-34(33)52-59)42(60)38-20-30-19-28(29-10-16-63-46(22-29)11-12-46)5-6-35(30)58(38)47(21-27(47)3)43-51-44(61)64-53-43/h5-8,14-15,17-20,23,27,29H,9-13,16,21-22,24H2,1-4H3,(H,51,53,61)/t27-,29-,47-/m1/s1. The Morgan fingerprint density at radius 1 is 0.953 bits per heavy atom. The number of hydrogen-bond donors (Lipinski definition) is 1. The monoisotopic (exact) mass is 866 g/mol. The molecule has 7 heterocycles. The number of H-pyrrole nitrogens is 1. The quantitative estimate of drug-likeness (QED) is 0.187. The molecule has 3 aromatic carbocycles. The summed E-state index contributed by atoms with van der Waals surface area (Å²) < 4.78 is 50.2. The highest BCUT2D eigenvalue weighted by atomic mass is 19.1. The number of rotatable bonds is 7. The fraction of sp³-hybridized carbons (Fsp3) is 0.362. The summed E-state index contributed by atoms with van der Waals surface area (Å²) in [5.74, 6) is -0.797.